The van der Waals surface area contributed by atoms with Crippen LogP contribution in [0.3, 0.4) is 0 Å². The lowest BCUT2D eigenvalue weighted by molar-refractivity contribution is -0.121. The number of rotatable bonds is 6. The Labute approximate surface area is 150 Å². The van der Waals surface area contributed by atoms with Gasteiger partial charge in [-0.15, -0.1) is 10.2 Å². The number of benzene rings is 1. The van der Waals surface area contributed by atoms with Crippen LogP contribution in [-0.2, 0) is 10.0 Å². The number of hydrogen-bond acceptors (Lipinski definition) is 6. The zero-order valence-corrected chi connectivity index (χ0v) is 14.7. The summed E-state index contributed by atoms with van der Waals surface area (Å²) >= 11 is 1.24. The predicted molar refractivity (Wildman–Crippen MR) is 87.5 cm³/mol. The third kappa shape index (κ3) is 4.77. The Morgan fingerprint density at radius 1 is 1.27 bits per heavy atom. The molecule has 0 aliphatic heterocycles. The molecule has 2 N–H and O–H groups in total. The summed E-state index contributed by atoms with van der Waals surface area (Å²) < 4.78 is 62.0. The molecule has 0 radical (unpaired) electrons. The zero-order chi connectivity index (χ0) is 18.9. The van der Waals surface area contributed by atoms with Crippen molar-refractivity contribution >= 4 is 32.4 Å². The maximum atomic E-state index is 12.2. The molecule has 1 amide bonds. The van der Waals surface area contributed by atoms with Crippen LogP contribution >= 0.6 is 11.3 Å². The lowest BCUT2D eigenvalue weighted by Crippen LogP contribution is -2.33. The molecule has 1 saturated carbocycles. The average Bonchev–Trinajstić information content (AvgIpc) is 3.33. The first kappa shape index (κ1) is 18.7. The Kier molecular flexibility index (Phi) is 4.99. The van der Waals surface area contributed by atoms with Crippen molar-refractivity contribution in [3.05, 3.63) is 34.8 Å². The van der Waals surface area contributed by atoms with E-state index < -0.39 is 33.5 Å². The van der Waals surface area contributed by atoms with E-state index in [1.807, 2.05) is 0 Å². The summed E-state index contributed by atoms with van der Waals surface area (Å²) in [5.41, 5.74) is -0.0249. The molecule has 1 fully saturated rings. The predicted octanol–water partition coefficient (Wildman–Crippen LogP) is 2.51. The number of carbonyl (C=O) groups excluding carboxylic acids is 1. The van der Waals surface area contributed by atoms with Crippen molar-refractivity contribution in [2.24, 2.45) is 0 Å². The van der Waals surface area contributed by atoms with Crippen molar-refractivity contribution in [1.29, 1.82) is 0 Å². The monoisotopic (exact) mass is 406 g/mol. The fourth-order valence-corrected chi connectivity index (χ4v) is 3.98. The summed E-state index contributed by atoms with van der Waals surface area (Å²) in [7, 11) is -4.40. The summed E-state index contributed by atoms with van der Waals surface area (Å²) in [5, 5.41) is 11.4. The van der Waals surface area contributed by atoms with E-state index in [9.17, 15) is 26.4 Å². The van der Waals surface area contributed by atoms with Gasteiger partial charge in [0.2, 0.25) is 15.2 Å². The van der Waals surface area contributed by atoms with Crippen molar-refractivity contribution in [2.45, 2.75) is 29.8 Å². The Morgan fingerprint density at radius 3 is 2.65 bits per heavy atom. The number of alkyl halides is 3. The minimum Gasteiger partial charge on any atom is -0.296 e. The van der Waals surface area contributed by atoms with Gasteiger partial charge in [-0.25, -0.2) is 13.1 Å². The van der Waals surface area contributed by atoms with Gasteiger partial charge in [-0.2, -0.15) is 13.2 Å². The molecular weight excluding hydrogens is 393 g/mol. The number of carbonyl (C=O) groups is 1. The standard InChI is InChI=1S/C14H13F3N4O3S2/c15-14(16,17)7-18-26(23,24)10-3-1-2-9(6-10)11(22)19-13-21-20-12(25-13)8-4-5-8/h1-3,6,8,18H,4-5,7H2,(H,19,21,22). The molecule has 0 saturated heterocycles. The topological polar surface area (TPSA) is 101 Å². The van der Waals surface area contributed by atoms with E-state index in [1.54, 1.807) is 0 Å². The smallest absolute Gasteiger partial charge is 0.296 e. The quantitative estimate of drug-likeness (QED) is 0.768. The van der Waals surface area contributed by atoms with Gasteiger partial charge in [-0.1, -0.05) is 17.4 Å². The second kappa shape index (κ2) is 6.93. The van der Waals surface area contributed by atoms with Crippen LogP contribution in [0.4, 0.5) is 18.3 Å². The third-order valence-electron chi connectivity index (χ3n) is 3.46. The molecule has 1 aromatic heterocycles. The largest absolute Gasteiger partial charge is 0.402 e. The van der Waals surface area contributed by atoms with Gasteiger partial charge in [-0.3, -0.25) is 10.1 Å². The molecule has 1 aliphatic rings. The average molecular weight is 406 g/mol. The summed E-state index contributed by atoms with van der Waals surface area (Å²) in [5.74, 6) is -0.248. The van der Waals surface area contributed by atoms with Crippen molar-refractivity contribution in [3.8, 4) is 0 Å². The first-order chi connectivity index (χ1) is 12.1. The van der Waals surface area contributed by atoms with E-state index in [4.69, 9.17) is 0 Å². The van der Waals surface area contributed by atoms with Gasteiger partial charge in [0.25, 0.3) is 5.91 Å². The van der Waals surface area contributed by atoms with Crippen LogP contribution < -0.4 is 10.0 Å². The molecule has 0 spiro atoms. The van der Waals surface area contributed by atoms with E-state index in [0.717, 1.165) is 30.0 Å². The summed E-state index contributed by atoms with van der Waals surface area (Å²) in [4.78, 5) is 11.8. The van der Waals surface area contributed by atoms with Crippen LogP contribution in [0.15, 0.2) is 29.2 Å². The number of amides is 1. The van der Waals surface area contributed by atoms with Gasteiger partial charge in [0.1, 0.15) is 11.6 Å². The molecule has 7 nitrogen and oxygen atoms in total. The number of nitrogens with zero attached hydrogens (tertiary/aromatic N) is 2. The van der Waals surface area contributed by atoms with Crippen LogP contribution in [0.5, 0.6) is 0 Å². The number of halogens is 3. The molecule has 0 atom stereocenters. The number of anilines is 1. The first-order valence-electron chi connectivity index (χ1n) is 7.45. The van der Waals surface area contributed by atoms with Crippen LogP contribution in [0.2, 0.25) is 0 Å². The highest BCUT2D eigenvalue weighted by Gasteiger charge is 2.30. The van der Waals surface area contributed by atoms with Crippen LogP contribution in [-0.4, -0.2) is 37.2 Å². The lowest BCUT2D eigenvalue weighted by atomic mass is 10.2. The second-order valence-corrected chi connectivity index (χ2v) is 8.42. The zero-order valence-electron chi connectivity index (χ0n) is 13.1. The Balaban J connectivity index is 1.72. The van der Waals surface area contributed by atoms with Gasteiger partial charge in [-0.05, 0) is 31.0 Å². The normalized spacial score (nSPS) is 15.0. The molecule has 0 unspecified atom stereocenters. The summed E-state index contributed by atoms with van der Waals surface area (Å²) in [6, 6.07) is 4.72. The SMILES string of the molecule is O=C(Nc1nnc(C2CC2)s1)c1cccc(S(=O)(=O)NCC(F)(F)F)c1. The fourth-order valence-electron chi connectivity index (χ4n) is 2.01. The molecule has 0 bridgehead atoms. The lowest BCUT2D eigenvalue weighted by Gasteiger charge is -2.10. The Hall–Kier alpha value is -2.05. The van der Waals surface area contributed by atoms with Crippen molar-refractivity contribution in [3.63, 3.8) is 0 Å². The first-order valence-corrected chi connectivity index (χ1v) is 9.75. The number of sulfonamides is 1. The molecule has 1 aliphatic carbocycles. The maximum absolute atomic E-state index is 12.2. The Bertz CT molecular complexity index is 924. The number of aromatic nitrogens is 2. The van der Waals surface area contributed by atoms with Gasteiger partial charge >= 0.3 is 6.18 Å². The molecule has 3 rings (SSSR count). The molecule has 140 valence electrons. The van der Waals surface area contributed by atoms with E-state index in [-0.39, 0.29) is 10.7 Å². The summed E-state index contributed by atoms with van der Waals surface area (Å²) in [6.45, 7) is -1.69. The van der Waals surface area contributed by atoms with E-state index in [1.165, 1.54) is 28.2 Å². The van der Waals surface area contributed by atoms with Gasteiger partial charge in [0.15, 0.2) is 0 Å². The van der Waals surface area contributed by atoms with Crippen molar-refractivity contribution in [2.75, 3.05) is 11.9 Å². The number of nitrogens with one attached hydrogen (secondary N) is 2. The van der Waals surface area contributed by atoms with Crippen LogP contribution in [0.1, 0.15) is 34.1 Å². The van der Waals surface area contributed by atoms with Crippen LogP contribution in [0.25, 0.3) is 0 Å². The molecular formula is C14H13F3N4O3S2. The number of hydrogen-bond donors (Lipinski definition) is 2. The highest BCUT2D eigenvalue weighted by molar-refractivity contribution is 7.89. The van der Waals surface area contributed by atoms with Gasteiger partial charge < -0.3 is 0 Å². The molecule has 12 heteroatoms. The van der Waals surface area contributed by atoms with E-state index >= 15 is 0 Å². The minimum absolute atomic E-state index is 0.0249. The van der Waals surface area contributed by atoms with Gasteiger partial charge in [0.05, 0.1) is 4.90 Å². The van der Waals surface area contributed by atoms with Crippen molar-refractivity contribution < 1.29 is 26.4 Å². The second-order valence-electron chi connectivity index (χ2n) is 5.64. The fraction of sp³-hybridized carbons (Fsp3) is 0.357. The third-order valence-corrected chi connectivity index (χ3v) is 5.86. The molecule has 1 heterocycles. The van der Waals surface area contributed by atoms with E-state index in [0.29, 0.717) is 5.92 Å². The van der Waals surface area contributed by atoms with Crippen molar-refractivity contribution in [1.82, 2.24) is 14.9 Å². The van der Waals surface area contributed by atoms with E-state index in [2.05, 4.69) is 15.5 Å². The highest BCUT2D eigenvalue weighted by Crippen LogP contribution is 2.42. The molecule has 2 aromatic rings. The summed E-state index contributed by atoms with van der Waals surface area (Å²) in [6.07, 6.45) is -2.61. The van der Waals surface area contributed by atoms with Crippen LogP contribution in [0, 0.1) is 0 Å². The minimum atomic E-state index is -4.68. The maximum Gasteiger partial charge on any atom is 0.402 e. The molecule has 1 aromatic carbocycles. The van der Waals surface area contributed by atoms with Gasteiger partial charge in [0, 0.05) is 11.5 Å². The Morgan fingerprint density at radius 2 is 2.00 bits per heavy atom. The molecule has 26 heavy (non-hydrogen) atoms. The highest BCUT2D eigenvalue weighted by atomic mass is 32.2.